The highest BCUT2D eigenvalue weighted by Crippen LogP contribution is 2.36. The molecule has 2 aromatic carbocycles. The van der Waals surface area contributed by atoms with E-state index >= 15 is 0 Å². The fourth-order valence-corrected chi connectivity index (χ4v) is 2.82. The lowest BCUT2D eigenvalue weighted by atomic mass is 10.00. The predicted octanol–water partition coefficient (Wildman–Crippen LogP) is 4.69. The molecule has 3 heteroatoms. The number of nitrogens with one attached hydrogen (secondary N) is 1. The Morgan fingerprint density at radius 3 is 2.89 bits per heavy atom. The van der Waals surface area contributed by atoms with E-state index in [2.05, 4.69) is 58.5 Å². The summed E-state index contributed by atoms with van der Waals surface area (Å²) < 4.78 is 6.81. The van der Waals surface area contributed by atoms with Gasteiger partial charge in [-0.25, -0.2) is 0 Å². The minimum Gasteiger partial charge on any atom is -0.493 e. The van der Waals surface area contributed by atoms with E-state index in [1.54, 1.807) is 0 Å². The molecule has 1 unspecified atom stereocenters. The molecule has 98 valence electrons. The molecule has 1 heterocycles. The number of para-hydroxylation sites is 1. The van der Waals surface area contributed by atoms with Gasteiger partial charge in [0.15, 0.2) is 0 Å². The van der Waals surface area contributed by atoms with Crippen LogP contribution in [-0.2, 0) is 0 Å². The second kappa shape index (κ2) is 5.25. The van der Waals surface area contributed by atoms with Gasteiger partial charge in [0.2, 0.25) is 0 Å². The Morgan fingerprint density at radius 1 is 1.21 bits per heavy atom. The topological polar surface area (TPSA) is 21.3 Å². The lowest BCUT2D eigenvalue weighted by Crippen LogP contribution is -2.20. The van der Waals surface area contributed by atoms with Crippen LogP contribution in [0.5, 0.6) is 5.75 Å². The second-order valence-corrected chi connectivity index (χ2v) is 5.75. The largest absolute Gasteiger partial charge is 0.493 e. The van der Waals surface area contributed by atoms with Crippen molar-refractivity contribution in [3.63, 3.8) is 0 Å². The maximum Gasteiger partial charge on any atom is 0.124 e. The van der Waals surface area contributed by atoms with Crippen molar-refractivity contribution in [2.24, 2.45) is 0 Å². The molecule has 3 rings (SSSR count). The van der Waals surface area contributed by atoms with E-state index in [1.807, 2.05) is 12.1 Å². The molecule has 2 nitrogen and oxygen atoms in total. The van der Waals surface area contributed by atoms with Gasteiger partial charge >= 0.3 is 0 Å². The Hall–Kier alpha value is -1.48. The number of ether oxygens (including phenoxy) is 1. The quantitative estimate of drug-likeness (QED) is 0.867. The maximum atomic E-state index is 5.72. The van der Waals surface area contributed by atoms with Crippen molar-refractivity contribution in [2.75, 3.05) is 11.9 Å². The standard InChI is InChI=1S/C16H16BrNO/c1-11-4-2-3-5-14(11)18-15-8-9-19-16-7-6-12(17)10-13(15)16/h2-7,10,15,18H,8-9H2,1H3. The van der Waals surface area contributed by atoms with Gasteiger partial charge in [-0.05, 0) is 36.8 Å². The highest BCUT2D eigenvalue weighted by atomic mass is 79.9. The normalized spacial score (nSPS) is 17.5. The van der Waals surface area contributed by atoms with Gasteiger partial charge < -0.3 is 10.1 Å². The molecule has 0 saturated carbocycles. The summed E-state index contributed by atoms with van der Waals surface area (Å²) in [7, 11) is 0. The molecule has 0 saturated heterocycles. The summed E-state index contributed by atoms with van der Waals surface area (Å²) in [5, 5.41) is 3.63. The van der Waals surface area contributed by atoms with Crippen LogP contribution in [0.25, 0.3) is 0 Å². The molecule has 0 fully saturated rings. The minimum absolute atomic E-state index is 0.308. The van der Waals surface area contributed by atoms with Crippen LogP contribution >= 0.6 is 15.9 Å². The third-order valence-corrected chi connectivity index (χ3v) is 3.98. The number of fused-ring (bicyclic) bond motifs is 1. The number of halogens is 1. The van der Waals surface area contributed by atoms with Crippen LogP contribution in [0.1, 0.15) is 23.6 Å². The van der Waals surface area contributed by atoms with Gasteiger partial charge in [-0.3, -0.25) is 0 Å². The molecule has 0 aromatic heterocycles. The number of rotatable bonds is 2. The summed E-state index contributed by atoms with van der Waals surface area (Å²) in [6, 6.07) is 14.9. The van der Waals surface area contributed by atoms with Crippen molar-refractivity contribution < 1.29 is 4.74 Å². The number of benzene rings is 2. The molecule has 19 heavy (non-hydrogen) atoms. The second-order valence-electron chi connectivity index (χ2n) is 4.83. The first kappa shape index (κ1) is 12.5. The summed E-state index contributed by atoms with van der Waals surface area (Å²) >= 11 is 3.53. The van der Waals surface area contributed by atoms with Gasteiger partial charge in [-0.1, -0.05) is 34.1 Å². The van der Waals surface area contributed by atoms with Crippen LogP contribution in [0.15, 0.2) is 46.9 Å². The molecule has 0 spiro atoms. The van der Waals surface area contributed by atoms with E-state index in [0.29, 0.717) is 6.04 Å². The zero-order chi connectivity index (χ0) is 13.2. The average molecular weight is 318 g/mol. The molecule has 0 aliphatic carbocycles. The van der Waals surface area contributed by atoms with Crippen molar-refractivity contribution in [1.29, 1.82) is 0 Å². The van der Waals surface area contributed by atoms with Crippen LogP contribution in [0.3, 0.4) is 0 Å². The average Bonchev–Trinajstić information content (AvgIpc) is 2.42. The lowest BCUT2D eigenvalue weighted by molar-refractivity contribution is 0.274. The van der Waals surface area contributed by atoms with Gasteiger partial charge in [0.25, 0.3) is 0 Å². The maximum absolute atomic E-state index is 5.72. The summed E-state index contributed by atoms with van der Waals surface area (Å²) in [5.41, 5.74) is 3.69. The van der Waals surface area contributed by atoms with Crippen LogP contribution in [0, 0.1) is 6.92 Å². The van der Waals surface area contributed by atoms with Crippen molar-refractivity contribution in [1.82, 2.24) is 0 Å². The Labute approximate surface area is 121 Å². The van der Waals surface area contributed by atoms with Gasteiger partial charge in [0, 0.05) is 22.1 Å². The van der Waals surface area contributed by atoms with Crippen molar-refractivity contribution in [3.05, 3.63) is 58.1 Å². The van der Waals surface area contributed by atoms with E-state index in [-0.39, 0.29) is 0 Å². The van der Waals surface area contributed by atoms with Crippen LogP contribution in [0.2, 0.25) is 0 Å². The van der Waals surface area contributed by atoms with Gasteiger partial charge in [-0.15, -0.1) is 0 Å². The highest BCUT2D eigenvalue weighted by molar-refractivity contribution is 9.10. The van der Waals surface area contributed by atoms with E-state index in [9.17, 15) is 0 Å². The molecule has 1 aliphatic heterocycles. The number of hydrogen-bond donors (Lipinski definition) is 1. The molecule has 2 aromatic rings. The zero-order valence-corrected chi connectivity index (χ0v) is 12.4. The molecule has 0 amide bonds. The Morgan fingerprint density at radius 2 is 2.05 bits per heavy atom. The molecule has 0 bridgehead atoms. The fourth-order valence-electron chi connectivity index (χ4n) is 2.44. The van der Waals surface area contributed by atoms with E-state index in [1.165, 1.54) is 16.8 Å². The summed E-state index contributed by atoms with van der Waals surface area (Å²) in [6.07, 6.45) is 0.984. The van der Waals surface area contributed by atoms with Crippen molar-refractivity contribution in [2.45, 2.75) is 19.4 Å². The molecule has 1 atom stereocenters. The smallest absolute Gasteiger partial charge is 0.124 e. The van der Waals surface area contributed by atoms with Gasteiger partial charge in [0.1, 0.15) is 5.75 Å². The van der Waals surface area contributed by atoms with E-state index in [0.717, 1.165) is 23.2 Å². The third-order valence-electron chi connectivity index (χ3n) is 3.49. The van der Waals surface area contributed by atoms with E-state index < -0.39 is 0 Å². The lowest BCUT2D eigenvalue weighted by Gasteiger charge is -2.28. The van der Waals surface area contributed by atoms with Crippen LogP contribution < -0.4 is 10.1 Å². The summed E-state index contributed by atoms with van der Waals surface area (Å²) in [5.74, 6) is 0.987. The Balaban J connectivity index is 1.92. The summed E-state index contributed by atoms with van der Waals surface area (Å²) in [6.45, 7) is 2.89. The molecular formula is C16H16BrNO. The van der Waals surface area contributed by atoms with Gasteiger partial charge in [-0.2, -0.15) is 0 Å². The van der Waals surface area contributed by atoms with Crippen molar-refractivity contribution >= 4 is 21.6 Å². The predicted molar refractivity (Wildman–Crippen MR) is 81.8 cm³/mol. The highest BCUT2D eigenvalue weighted by Gasteiger charge is 2.21. The first-order chi connectivity index (χ1) is 9.24. The van der Waals surface area contributed by atoms with Crippen molar-refractivity contribution in [3.8, 4) is 5.75 Å². The first-order valence-electron chi connectivity index (χ1n) is 6.48. The number of aryl methyl sites for hydroxylation is 1. The third kappa shape index (κ3) is 2.61. The molecule has 0 radical (unpaired) electrons. The summed E-state index contributed by atoms with van der Waals surface area (Å²) in [4.78, 5) is 0. The molecule has 1 aliphatic rings. The van der Waals surface area contributed by atoms with E-state index in [4.69, 9.17) is 4.74 Å². The Kier molecular flexibility index (Phi) is 3.47. The monoisotopic (exact) mass is 317 g/mol. The molecular weight excluding hydrogens is 302 g/mol. The molecule has 1 N–H and O–H groups in total. The first-order valence-corrected chi connectivity index (χ1v) is 7.28. The van der Waals surface area contributed by atoms with Crippen LogP contribution in [0.4, 0.5) is 5.69 Å². The number of hydrogen-bond acceptors (Lipinski definition) is 2. The fraction of sp³-hybridized carbons (Fsp3) is 0.250. The zero-order valence-electron chi connectivity index (χ0n) is 10.8. The SMILES string of the molecule is Cc1ccccc1NC1CCOc2ccc(Br)cc21. The number of anilines is 1. The van der Waals surface area contributed by atoms with Crippen LogP contribution in [-0.4, -0.2) is 6.61 Å². The minimum atomic E-state index is 0.308. The Bertz CT molecular complexity index is 597. The van der Waals surface area contributed by atoms with Gasteiger partial charge in [0.05, 0.1) is 12.6 Å².